The normalized spacial score (nSPS) is 14.4. The second-order valence-corrected chi connectivity index (χ2v) is 29.2. The molecule has 19 heteroatoms. The molecule has 0 aliphatic heterocycles. The lowest BCUT2D eigenvalue weighted by Crippen LogP contribution is -2.30. The molecule has 0 aliphatic rings. The Morgan fingerprint density at radius 2 is 0.540 bits per heavy atom. The van der Waals surface area contributed by atoms with Crippen molar-refractivity contribution in [1.29, 1.82) is 0 Å². The van der Waals surface area contributed by atoms with Crippen molar-refractivity contribution >= 4 is 39.5 Å². The minimum Gasteiger partial charge on any atom is -0.462 e. The second kappa shape index (κ2) is 73.3. The summed E-state index contributed by atoms with van der Waals surface area (Å²) in [5.41, 5.74) is 0. The summed E-state index contributed by atoms with van der Waals surface area (Å²) in [5, 5.41) is 10.6. The number of aliphatic hydroxyl groups excluding tert-OH is 1. The smallest absolute Gasteiger partial charge is 0.462 e. The molecule has 5 atom stereocenters. The van der Waals surface area contributed by atoms with Crippen molar-refractivity contribution < 1.29 is 80.2 Å². The van der Waals surface area contributed by atoms with Crippen LogP contribution in [0.15, 0.2) is 97.2 Å². The summed E-state index contributed by atoms with van der Waals surface area (Å²) in [4.78, 5) is 72.9. The molecule has 0 bridgehead atoms. The van der Waals surface area contributed by atoms with E-state index in [9.17, 15) is 43.2 Å². The van der Waals surface area contributed by atoms with Gasteiger partial charge < -0.3 is 33.8 Å². The first-order valence-electron chi connectivity index (χ1n) is 39.5. The number of allylic oxidation sites excluding steroid dienone is 16. The Kier molecular flexibility index (Phi) is 70.4. The van der Waals surface area contributed by atoms with Crippen molar-refractivity contribution in [2.75, 3.05) is 39.6 Å². The van der Waals surface area contributed by atoms with Crippen LogP contribution >= 0.6 is 15.6 Å². The lowest BCUT2D eigenvalue weighted by Gasteiger charge is -2.21. The van der Waals surface area contributed by atoms with Gasteiger partial charge in [-0.25, -0.2) is 9.13 Å². The summed E-state index contributed by atoms with van der Waals surface area (Å²) < 4.78 is 68.4. The highest BCUT2D eigenvalue weighted by atomic mass is 31.2. The number of hydrogen-bond acceptors (Lipinski definition) is 15. The predicted octanol–water partition coefficient (Wildman–Crippen LogP) is 22.8. The highest BCUT2D eigenvalue weighted by Gasteiger charge is 2.30. The Hall–Kier alpha value is -4.02. The van der Waals surface area contributed by atoms with E-state index in [-0.39, 0.29) is 25.7 Å². The van der Waals surface area contributed by atoms with Crippen LogP contribution in [0, 0.1) is 0 Å². The lowest BCUT2D eigenvalue weighted by molar-refractivity contribution is -0.161. The van der Waals surface area contributed by atoms with Gasteiger partial charge in [0, 0.05) is 25.7 Å². The molecular weight excluding hydrogens is 1310 g/mol. The Morgan fingerprint density at radius 3 is 0.870 bits per heavy atom. The van der Waals surface area contributed by atoms with Crippen LogP contribution in [0.3, 0.4) is 0 Å². The maximum Gasteiger partial charge on any atom is 0.472 e. The Morgan fingerprint density at radius 1 is 0.290 bits per heavy atom. The van der Waals surface area contributed by atoms with Crippen molar-refractivity contribution in [2.45, 2.75) is 354 Å². The van der Waals surface area contributed by atoms with Gasteiger partial charge in [-0.2, -0.15) is 0 Å². The van der Waals surface area contributed by atoms with Crippen molar-refractivity contribution in [3.8, 4) is 0 Å². The lowest BCUT2D eigenvalue weighted by atomic mass is 10.0. The van der Waals surface area contributed by atoms with E-state index in [4.69, 9.17) is 37.0 Å². The molecule has 0 fully saturated rings. The van der Waals surface area contributed by atoms with Gasteiger partial charge in [0.25, 0.3) is 0 Å². The molecular formula is C81H142O17P2. The summed E-state index contributed by atoms with van der Waals surface area (Å²) in [6.45, 7) is 4.66. The van der Waals surface area contributed by atoms with Gasteiger partial charge in [0.15, 0.2) is 12.2 Å². The maximum atomic E-state index is 13.1. The van der Waals surface area contributed by atoms with Gasteiger partial charge >= 0.3 is 39.5 Å². The number of esters is 4. The first kappa shape index (κ1) is 96.0. The molecule has 0 saturated carbocycles. The molecule has 0 aromatic carbocycles. The van der Waals surface area contributed by atoms with E-state index in [1.54, 1.807) is 0 Å². The van der Waals surface area contributed by atoms with E-state index in [0.29, 0.717) is 32.1 Å². The van der Waals surface area contributed by atoms with Gasteiger partial charge in [-0.1, -0.05) is 292 Å². The summed E-state index contributed by atoms with van der Waals surface area (Å²) in [5.74, 6) is -2.27. The minimum atomic E-state index is -4.99. The van der Waals surface area contributed by atoms with E-state index >= 15 is 0 Å². The third-order valence-corrected chi connectivity index (χ3v) is 18.4. The molecule has 0 aromatic heterocycles. The maximum absolute atomic E-state index is 13.1. The molecule has 0 aromatic rings. The van der Waals surface area contributed by atoms with Gasteiger partial charge in [0.1, 0.15) is 19.3 Å². The van der Waals surface area contributed by atoms with E-state index in [1.165, 1.54) is 116 Å². The zero-order chi connectivity index (χ0) is 73.2. The molecule has 0 aliphatic carbocycles. The number of hydrogen-bond donors (Lipinski definition) is 3. The van der Waals surface area contributed by atoms with Crippen molar-refractivity contribution in [3.05, 3.63) is 97.2 Å². The van der Waals surface area contributed by atoms with Crippen LogP contribution in [0.2, 0.25) is 0 Å². The third-order valence-electron chi connectivity index (χ3n) is 16.5. The Bertz CT molecular complexity index is 2270. The van der Waals surface area contributed by atoms with Crippen molar-refractivity contribution in [3.63, 3.8) is 0 Å². The average Bonchev–Trinajstić information content (AvgIpc) is 1.01. The molecule has 0 saturated heterocycles. The molecule has 17 nitrogen and oxygen atoms in total. The molecule has 0 spiro atoms. The molecule has 0 rings (SSSR count). The van der Waals surface area contributed by atoms with Gasteiger partial charge in [-0.05, 0) is 116 Å². The summed E-state index contributed by atoms with van der Waals surface area (Å²) in [7, 11) is -9.97. The predicted molar refractivity (Wildman–Crippen MR) is 409 cm³/mol. The highest BCUT2D eigenvalue weighted by molar-refractivity contribution is 7.47. The zero-order valence-electron chi connectivity index (χ0n) is 63.1. The average molecular weight is 1450 g/mol. The van der Waals surface area contributed by atoms with Crippen LogP contribution < -0.4 is 0 Å². The van der Waals surface area contributed by atoms with Gasteiger partial charge in [0.2, 0.25) is 0 Å². The number of carbonyl (C=O) groups is 4. The summed E-state index contributed by atoms with van der Waals surface area (Å²) >= 11 is 0. The van der Waals surface area contributed by atoms with Crippen molar-refractivity contribution in [1.82, 2.24) is 0 Å². The molecule has 100 heavy (non-hydrogen) atoms. The molecule has 3 N–H and O–H groups in total. The Balaban J connectivity index is 5.41. The quantitative estimate of drug-likeness (QED) is 0.0169. The first-order chi connectivity index (χ1) is 48.7. The van der Waals surface area contributed by atoms with Crippen LogP contribution in [0.5, 0.6) is 0 Å². The fourth-order valence-electron chi connectivity index (χ4n) is 10.5. The molecule has 2 unspecified atom stereocenters. The zero-order valence-corrected chi connectivity index (χ0v) is 64.9. The summed E-state index contributed by atoms with van der Waals surface area (Å²) in [6.07, 6.45) is 76.9. The van der Waals surface area contributed by atoms with Crippen LogP contribution in [0.25, 0.3) is 0 Å². The Labute approximate surface area is 607 Å². The number of aliphatic hydroxyl groups is 1. The molecule has 0 radical (unpaired) electrons. The van der Waals surface area contributed by atoms with Crippen LogP contribution in [-0.2, 0) is 65.4 Å². The van der Waals surface area contributed by atoms with Crippen LogP contribution in [-0.4, -0.2) is 96.7 Å². The standard InChI is InChI=1S/C81H142O17P2/c1-5-9-13-17-21-25-29-33-35-36-37-38-40-44-48-52-56-60-64-68-81(86)98-77(72-92-79(84)66-62-58-54-50-46-42-32-28-24-20-16-12-8-4)74-96-100(89,90)94-70-75(82)69-93-99(87,88)95-73-76(71-91-78(83)65-61-57-53-49-45-41-31-27-23-19-15-11-7-3)97-80(85)67-63-59-55-51-47-43-39-34-30-26-22-18-14-10-6-2/h9,13,21,25,27-28,31-33,35,37-38,44,48,56,60,75-77,82H,5-8,10-12,14-20,22-24,26,29-30,34,36,39-43,45-47,49-55,57-59,61-74H2,1-4H3,(H,87,88)(H,89,90)/b13-9-,25-21-,31-27-,32-28-,35-33-,38-37-,48-44-,60-56-/t75-,76+,77+/m0/s1. The molecule has 0 heterocycles. The number of phosphoric acid groups is 2. The van der Waals surface area contributed by atoms with E-state index in [1.807, 2.05) is 18.2 Å². The highest BCUT2D eigenvalue weighted by Crippen LogP contribution is 2.45. The largest absolute Gasteiger partial charge is 0.472 e. The summed E-state index contributed by atoms with van der Waals surface area (Å²) in [6, 6.07) is 0. The fourth-order valence-corrected chi connectivity index (χ4v) is 12.1. The van der Waals surface area contributed by atoms with Gasteiger partial charge in [-0.3, -0.25) is 37.3 Å². The number of rotatable bonds is 74. The van der Waals surface area contributed by atoms with Crippen LogP contribution in [0.4, 0.5) is 0 Å². The topological polar surface area (TPSA) is 237 Å². The number of ether oxygens (including phenoxy) is 4. The van der Waals surface area contributed by atoms with Gasteiger partial charge in [-0.15, -0.1) is 0 Å². The van der Waals surface area contributed by atoms with Gasteiger partial charge in [0.05, 0.1) is 26.4 Å². The fraction of sp³-hybridized carbons (Fsp3) is 0.753. The first-order valence-corrected chi connectivity index (χ1v) is 42.5. The monoisotopic (exact) mass is 1450 g/mol. The number of unbranched alkanes of at least 4 members (excludes halogenated alkanes) is 32. The third kappa shape index (κ3) is 72.3. The SMILES string of the molecule is CC/C=C\C/C=C\C/C=C\C/C=C\C/C=C\C/C=C\CCC(=O)O[C@H](COC(=O)CCCCCCC/C=C\CCCCCC)COP(=O)(O)OC[C@@H](O)COP(=O)(O)OC[C@@H](COC(=O)CCCCCCC/C=C\CCCCCC)OC(=O)CCCCCCCCCCCCCCCCC. The van der Waals surface area contributed by atoms with Crippen LogP contribution in [0.1, 0.15) is 336 Å². The molecule has 578 valence electrons. The number of carbonyl (C=O) groups excluding carboxylic acids is 4. The van der Waals surface area contributed by atoms with Crippen molar-refractivity contribution in [2.24, 2.45) is 0 Å². The van der Waals surface area contributed by atoms with E-state index in [0.717, 1.165) is 135 Å². The number of phosphoric ester groups is 2. The van der Waals surface area contributed by atoms with E-state index < -0.39 is 97.5 Å². The van der Waals surface area contributed by atoms with E-state index in [2.05, 4.69) is 107 Å². The second-order valence-electron chi connectivity index (χ2n) is 26.3. The molecule has 0 amide bonds. The minimum absolute atomic E-state index is 0.0314.